The molecule has 3 aromatic rings. The van der Waals surface area contributed by atoms with E-state index in [0.717, 1.165) is 5.56 Å². The van der Waals surface area contributed by atoms with Crippen molar-refractivity contribution < 1.29 is 19.1 Å². The molecule has 2 atom stereocenters. The molecule has 2 aromatic carbocycles. The number of hydrogen-bond donors (Lipinski definition) is 3. The Morgan fingerprint density at radius 1 is 1.21 bits per heavy atom. The van der Waals surface area contributed by atoms with Crippen LogP contribution in [0.15, 0.2) is 48.7 Å². The van der Waals surface area contributed by atoms with Crippen molar-refractivity contribution in [1.82, 2.24) is 20.7 Å². The summed E-state index contributed by atoms with van der Waals surface area (Å²) in [6.07, 6.45) is 2.93. The first-order valence-electron chi connectivity index (χ1n) is 10.7. The van der Waals surface area contributed by atoms with Gasteiger partial charge in [0.2, 0.25) is 0 Å². The molecule has 1 aliphatic rings. The van der Waals surface area contributed by atoms with Gasteiger partial charge in [-0.2, -0.15) is 15.4 Å². The molecule has 0 spiro atoms. The zero-order chi connectivity index (χ0) is 23.4. The minimum absolute atomic E-state index is 0. The molecule has 0 aliphatic carbocycles. The summed E-state index contributed by atoms with van der Waals surface area (Å²) in [4.78, 5) is 24.8. The van der Waals surface area contributed by atoms with Crippen LogP contribution in [0.25, 0.3) is 11.1 Å². The average Bonchev–Trinajstić information content (AvgIpc) is 3.49. The van der Waals surface area contributed by atoms with E-state index < -0.39 is 11.4 Å². The van der Waals surface area contributed by atoms with Crippen molar-refractivity contribution >= 4 is 23.4 Å². The topological polar surface area (TPSA) is 108 Å². The molecular weight excluding hydrogens is 459 g/mol. The van der Waals surface area contributed by atoms with Crippen LogP contribution in [0.4, 0.5) is 4.39 Å². The van der Waals surface area contributed by atoms with Crippen LogP contribution in [0.3, 0.4) is 0 Å². The number of ketones is 1. The number of aliphatic carboxylic acids is 1. The largest absolute Gasteiger partial charge is 0.481 e. The zero-order valence-corrected chi connectivity index (χ0v) is 18.6. The number of nitrogens with one attached hydrogen (secondary N) is 2. The number of hydrogen-bond acceptors (Lipinski definition) is 5. The number of aromatic amines is 1. The number of carboxylic acids is 1. The number of Topliss-reactive ketones (excluding diaryl/α,β-unsaturated/α-hetero) is 1. The minimum Gasteiger partial charge on any atom is -0.481 e. The monoisotopic (exact) mass is 486 g/mol. The fraction of sp³-hybridized carbons (Fsp3) is 0.360. The highest BCUT2D eigenvalue weighted by Crippen LogP contribution is 2.36. The molecule has 0 radical (unpaired) electrons. The van der Waals surface area contributed by atoms with Gasteiger partial charge in [0.05, 0.1) is 11.6 Å². The van der Waals surface area contributed by atoms with Crippen LogP contribution in [-0.4, -0.2) is 45.4 Å². The van der Waals surface area contributed by atoms with Crippen LogP contribution in [0.5, 0.6) is 0 Å². The number of nitrogens with zero attached hydrogens (tertiary/aromatic N) is 2. The molecule has 2 heterocycles. The Bertz CT molecular complexity index is 1130. The van der Waals surface area contributed by atoms with Crippen molar-refractivity contribution in [2.75, 3.05) is 13.1 Å². The lowest BCUT2D eigenvalue weighted by atomic mass is 9.75. The third-order valence-electron chi connectivity index (χ3n) is 6.27. The highest BCUT2D eigenvalue weighted by Gasteiger charge is 2.43. The van der Waals surface area contributed by atoms with Gasteiger partial charge in [-0.3, -0.25) is 9.59 Å². The van der Waals surface area contributed by atoms with E-state index in [4.69, 9.17) is 11.6 Å². The average molecular weight is 487 g/mol. The Balaban J connectivity index is 0.00000324. The van der Waals surface area contributed by atoms with E-state index in [0.29, 0.717) is 48.5 Å². The van der Waals surface area contributed by atoms with Gasteiger partial charge in [-0.05, 0) is 61.1 Å². The lowest BCUT2D eigenvalue weighted by molar-refractivity contribution is -0.148. The number of carbonyl (C=O) groups excluding carboxylic acids is 1. The lowest BCUT2D eigenvalue weighted by Crippen LogP contribution is -2.36. The number of benzene rings is 2. The van der Waals surface area contributed by atoms with Gasteiger partial charge in [-0.25, -0.2) is 4.39 Å². The highest BCUT2D eigenvalue weighted by molar-refractivity contribution is 6.30. The first-order valence-corrected chi connectivity index (χ1v) is 11.1. The minimum atomic E-state index is -0.904. The maximum absolute atomic E-state index is 14.2. The normalized spacial score (nSPS) is 18.3. The second kappa shape index (κ2) is 10.9. The molecule has 0 saturated carbocycles. The quantitative estimate of drug-likeness (QED) is 0.375. The number of aromatic nitrogens is 3. The Hall–Kier alpha value is -3.10. The molecule has 1 aromatic heterocycles. The maximum atomic E-state index is 14.2. The molecule has 1 unspecified atom stereocenters. The van der Waals surface area contributed by atoms with Crippen molar-refractivity contribution in [3.63, 3.8) is 0 Å². The van der Waals surface area contributed by atoms with Gasteiger partial charge in [0, 0.05) is 23.6 Å². The van der Waals surface area contributed by atoms with E-state index in [1.54, 1.807) is 6.07 Å². The summed E-state index contributed by atoms with van der Waals surface area (Å²) >= 11 is 6.01. The zero-order valence-electron chi connectivity index (χ0n) is 17.9. The highest BCUT2D eigenvalue weighted by atomic mass is 35.5. The van der Waals surface area contributed by atoms with Crippen molar-refractivity contribution in [1.29, 1.82) is 0 Å². The second-order valence-corrected chi connectivity index (χ2v) is 9.03. The molecule has 34 heavy (non-hydrogen) atoms. The second-order valence-electron chi connectivity index (χ2n) is 8.59. The first-order chi connectivity index (χ1) is 15.9. The van der Waals surface area contributed by atoms with E-state index in [1.165, 1.54) is 18.3 Å². The summed E-state index contributed by atoms with van der Waals surface area (Å²) in [5.74, 6) is -1.60. The Kier molecular flexibility index (Phi) is 8.17. The number of halogens is 2. The SMILES string of the molecule is C.O=C(C[C@H](Cc1ccc(-c2cc(Cl)ccc2F)cc1)CC1(C(=O)O)CCNC1)c1cn[nH]n1. The summed E-state index contributed by atoms with van der Waals surface area (Å²) in [5, 5.41) is 23.5. The van der Waals surface area contributed by atoms with Crippen molar-refractivity contribution in [3.05, 3.63) is 70.8 Å². The number of rotatable bonds is 9. The maximum Gasteiger partial charge on any atom is 0.310 e. The molecule has 9 heteroatoms. The fourth-order valence-corrected chi connectivity index (χ4v) is 4.70. The van der Waals surface area contributed by atoms with Gasteiger partial charge in [0.15, 0.2) is 5.78 Å². The molecule has 1 fully saturated rings. The summed E-state index contributed by atoms with van der Waals surface area (Å²) in [5.41, 5.74) is 1.37. The van der Waals surface area contributed by atoms with Gasteiger partial charge in [-0.1, -0.05) is 43.3 Å². The summed E-state index contributed by atoms with van der Waals surface area (Å²) in [7, 11) is 0. The van der Waals surface area contributed by atoms with Gasteiger partial charge in [-0.15, -0.1) is 0 Å². The Labute approximate surface area is 202 Å². The van der Waals surface area contributed by atoms with Crippen LogP contribution in [0.1, 0.15) is 42.7 Å². The van der Waals surface area contributed by atoms with Crippen molar-refractivity contribution in [2.45, 2.75) is 33.1 Å². The predicted molar refractivity (Wildman–Crippen MR) is 128 cm³/mol. The third kappa shape index (κ3) is 5.69. The summed E-state index contributed by atoms with van der Waals surface area (Å²) in [6, 6.07) is 11.8. The molecular formula is C25H28ClFN4O3. The Morgan fingerprint density at radius 3 is 2.59 bits per heavy atom. The Morgan fingerprint density at radius 2 is 1.97 bits per heavy atom. The molecule has 4 rings (SSSR count). The number of carboxylic acid groups (broad SMARTS) is 1. The van der Waals surface area contributed by atoms with E-state index >= 15 is 0 Å². The van der Waals surface area contributed by atoms with E-state index in [2.05, 4.69) is 20.7 Å². The number of carbonyl (C=O) groups is 2. The molecule has 0 bridgehead atoms. The summed E-state index contributed by atoms with van der Waals surface area (Å²) in [6.45, 7) is 1.01. The first kappa shape index (κ1) is 25.5. The van der Waals surface area contributed by atoms with Gasteiger partial charge in [0.1, 0.15) is 11.5 Å². The van der Waals surface area contributed by atoms with Crippen molar-refractivity contribution in [2.24, 2.45) is 11.3 Å². The smallest absolute Gasteiger partial charge is 0.310 e. The van der Waals surface area contributed by atoms with Crippen molar-refractivity contribution in [3.8, 4) is 11.1 Å². The van der Waals surface area contributed by atoms with Crippen LogP contribution in [-0.2, 0) is 11.2 Å². The van der Waals surface area contributed by atoms with Gasteiger partial charge in [0.25, 0.3) is 0 Å². The predicted octanol–water partition coefficient (Wildman–Crippen LogP) is 4.79. The standard InChI is InChI=1S/C24H24ClFN4O3.CH4/c25-18-5-6-20(26)19(11-18)17-3-1-15(2-4-17)9-16(10-22(31)21-13-28-30-29-21)12-24(23(32)33)7-8-27-14-24;/h1-6,11,13,16,27H,7-10,12,14H2,(H,32,33)(H,28,29,30);1H4/t16-,24?;/m0./s1. The van der Waals surface area contributed by atoms with Crippen LogP contribution in [0.2, 0.25) is 5.02 Å². The van der Waals surface area contributed by atoms with E-state index in [9.17, 15) is 19.1 Å². The van der Waals surface area contributed by atoms with Crippen LogP contribution >= 0.6 is 11.6 Å². The molecule has 1 saturated heterocycles. The molecule has 180 valence electrons. The molecule has 1 aliphatic heterocycles. The molecule has 7 nitrogen and oxygen atoms in total. The molecule has 0 amide bonds. The van der Waals surface area contributed by atoms with E-state index in [-0.39, 0.29) is 37.1 Å². The fourth-order valence-electron chi connectivity index (χ4n) is 4.53. The van der Waals surface area contributed by atoms with Gasteiger partial charge < -0.3 is 10.4 Å². The van der Waals surface area contributed by atoms with Crippen LogP contribution < -0.4 is 5.32 Å². The van der Waals surface area contributed by atoms with E-state index in [1.807, 2.05) is 24.3 Å². The van der Waals surface area contributed by atoms with Gasteiger partial charge >= 0.3 is 5.97 Å². The molecule has 3 N–H and O–H groups in total. The number of H-pyrrole nitrogens is 1. The summed E-state index contributed by atoms with van der Waals surface area (Å²) < 4.78 is 14.2. The van der Waals surface area contributed by atoms with Crippen LogP contribution in [0, 0.1) is 17.2 Å². The third-order valence-corrected chi connectivity index (χ3v) is 6.50. The lowest BCUT2D eigenvalue weighted by Gasteiger charge is -2.28.